The molecule has 1 amide bonds. The van der Waals surface area contributed by atoms with Crippen LogP contribution >= 0.6 is 0 Å². The number of rotatable bonds is 6. The molecule has 1 fully saturated rings. The van der Waals surface area contributed by atoms with Gasteiger partial charge in [0.2, 0.25) is 5.91 Å². The maximum atomic E-state index is 17.3. The van der Waals surface area contributed by atoms with Gasteiger partial charge in [-0.1, -0.05) is 26.5 Å². The van der Waals surface area contributed by atoms with Crippen LogP contribution in [-0.2, 0) is 9.59 Å². The third-order valence-electron chi connectivity index (χ3n) is 9.29. The van der Waals surface area contributed by atoms with Crippen molar-refractivity contribution in [2.75, 3.05) is 31.1 Å². The van der Waals surface area contributed by atoms with Crippen molar-refractivity contribution >= 4 is 28.9 Å². The maximum absolute atomic E-state index is 17.3. The topological polar surface area (TPSA) is 121 Å². The van der Waals surface area contributed by atoms with Crippen molar-refractivity contribution in [3.63, 3.8) is 0 Å². The Hall–Kier alpha value is -5.04. The first-order chi connectivity index (χ1) is 22.8. The number of nitrogens with zero attached hydrogens (tertiary/aromatic N) is 5. The molecule has 1 saturated heterocycles. The molecular weight excluding hydrogens is 627 g/mol. The summed E-state index contributed by atoms with van der Waals surface area (Å²) in [5, 5.41) is 33.0. The number of amides is 1. The predicted molar refractivity (Wildman–Crippen MR) is 173 cm³/mol. The molecule has 48 heavy (non-hydrogen) atoms. The number of aryl methyl sites for hydroxylation is 1. The molecule has 3 unspecified atom stereocenters. The number of fused-ring (bicyclic) bond motifs is 4. The summed E-state index contributed by atoms with van der Waals surface area (Å²) in [4.78, 5) is 35.7. The number of hydrogen-bond donors (Lipinski definition) is 3. The van der Waals surface area contributed by atoms with E-state index in [9.17, 15) is 24.9 Å². The lowest BCUT2D eigenvalue weighted by Crippen LogP contribution is -2.65. The normalized spacial score (nSPS) is 20.5. The first-order valence-corrected chi connectivity index (χ1v) is 15.6. The van der Waals surface area contributed by atoms with Crippen LogP contribution in [0.2, 0.25) is 0 Å². The SMILES string of the molecule is C=CC(=O)N1CC2CN(CC(=O)O)C3=C(c4cc(F)c(-c5c(O)cccc5F)c(F)c4N(c4c(C)ccnc4C(C)C)C3O)N2CC1C. The number of aliphatic carboxylic acids is 1. The molecule has 3 aliphatic heterocycles. The molecular formula is C35H36F3N5O5. The van der Waals surface area contributed by atoms with Gasteiger partial charge >= 0.3 is 5.97 Å². The summed E-state index contributed by atoms with van der Waals surface area (Å²) in [7, 11) is 0. The molecule has 0 saturated carbocycles. The fourth-order valence-electron chi connectivity index (χ4n) is 7.23. The summed E-state index contributed by atoms with van der Waals surface area (Å²) in [5.74, 6) is -5.91. The minimum atomic E-state index is -1.71. The van der Waals surface area contributed by atoms with Crippen LogP contribution in [0, 0.1) is 24.4 Å². The lowest BCUT2D eigenvalue weighted by Gasteiger charge is -2.55. The predicted octanol–water partition coefficient (Wildman–Crippen LogP) is 4.93. The summed E-state index contributed by atoms with van der Waals surface area (Å²) in [5.41, 5.74) is -0.150. The molecule has 1 aromatic heterocycles. The Labute approximate surface area is 275 Å². The first kappa shape index (κ1) is 32.9. The molecule has 3 aromatic rings. The highest BCUT2D eigenvalue weighted by Gasteiger charge is 2.49. The third kappa shape index (κ3) is 5.13. The van der Waals surface area contributed by atoms with Gasteiger partial charge in [0.1, 0.15) is 23.9 Å². The van der Waals surface area contributed by atoms with Crippen LogP contribution in [0.25, 0.3) is 16.8 Å². The van der Waals surface area contributed by atoms with Crippen LogP contribution < -0.4 is 4.90 Å². The Morgan fingerprint density at radius 2 is 1.81 bits per heavy atom. The Bertz CT molecular complexity index is 1860. The van der Waals surface area contributed by atoms with E-state index >= 15 is 13.2 Å². The van der Waals surface area contributed by atoms with Crippen LogP contribution in [-0.4, -0.2) is 91.4 Å². The number of aromatic nitrogens is 1. The van der Waals surface area contributed by atoms with Crippen molar-refractivity contribution in [2.45, 2.75) is 51.9 Å². The Balaban J connectivity index is 1.70. The van der Waals surface area contributed by atoms with Crippen molar-refractivity contribution < 1.29 is 38.1 Å². The van der Waals surface area contributed by atoms with Crippen molar-refractivity contribution in [3.05, 3.63) is 89.2 Å². The van der Waals surface area contributed by atoms with Crippen molar-refractivity contribution in [1.29, 1.82) is 0 Å². The maximum Gasteiger partial charge on any atom is 0.323 e. The number of piperazine rings is 1. The lowest BCUT2D eigenvalue weighted by molar-refractivity contribution is -0.139. The van der Waals surface area contributed by atoms with Gasteiger partial charge in [-0.2, -0.15) is 0 Å². The molecule has 4 heterocycles. The summed E-state index contributed by atoms with van der Waals surface area (Å²) in [6.07, 6.45) is 1.06. The zero-order valence-electron chi connectivity index (χ0n) is 26.9. The average Bonchev–Trinajstić information content (AvgIpc) is 3.02. The van der Waals surface area contributed by atoms with Crippen LogP contribution in [0.4, 0.5) is 24.5 Å². The van der Waals surface area contributed by atoms with E-state index in [-0.39, 0.29) is 60.1 Å². The molecule has 3 atom stereocenters. The van der Waals surface area contributed by atoms with Gasteiger partial charge in [0.05, 0.1) is 45.6 Å². The second-order valence-corrected chi connectivity index (χ2v) is 12.7. The fourth-order valence-corrected chi connectivity index (χ4v) is 7.23. The summed E-state index contributed by atoms with van der Waals surface area (Å²) < 4.78 is 48.9. The molecule has 252 valence electrons. The average molecular weight is 664 g/mol. The van der Waals surface area contributed by atoms with E-state index in [0.29, 0.717) is 16.9 Å². The highest BCUT2D eigenvalue weighted by Crippen LogP contribution is 2.52. The highest BCUT2D eigenvalue weighted by atomic mass is 19.1. The molecule has 10 nitrogen and oxygen atoms in total. The number of aromatic hydroxyl groups is 1. The zero-order valence-corrected chi connectivity index (χ0v) is 26.9. The molecule has 0 bridgehead atoms. The number of carbonyl (C=O) groups excluding carboxylic acids is 1. The van der Waals surface area contributed by atoms with E-state index in [1.807, 2.05) is 25.7 Å². The number of benzene rings is 2. The van der Waals surface area contributed by atoms with E-state index in [4.69, 9.17) is 0 Å². The number of carboxylic acid groups (broad SMARTS) is 1. The molecule has 0 spiro atoms. The van der Waals surface area contributed by atoms with Crippen molar-refractivity contribution in [1.82, 2.24) is 19.7 Å². The molecule has 3 N–H and O–H groups in total. The largest absolute Gasteiger partial charge is 0.507 e. The van der Waals surface area contributed by atoms with Gasteiger partial charge in [-0.15, -0.1) is 0 Å². The Kier molecular flexibility index (Phi) is 8.36. The van der Waals surface area contributed by atoms with E-state index in [1.165, 1.54) is 21.9 Å². The number of phenols is 1. The second-order valence-electron chi connectivity index (χ2n) is 12.7. The molecule has 0 aliphatic carbocycles. The number of halogens is 3. The number of aliphatic hydroxyl groups excluding tert-OH is 1. The number of carboxylic acids is 1. The number of aliphatic hydroxyl groups is 1. The minimum Gasteiger partial charge on any atom is -0.507 e. The third-order valence-corrected chi connectivity index (χ3v) is 9.29. The van der Waals surface area contributed by atoms with E-state index in [2.05, 4.69) is 11.6 Å². The van der Waals surface area contributed by atoms with Gasteiger partial charge in [0.15, 0.2) is 12.0 Å². The van der Waals surface area contributed by atoms with E-state index < -0.39 is 59.1 Å². The Morgan fingerprint density at radius 3 is 2.46 bits per heavy atom. The first-order valence-electron chi connectivity index (χ1n) is 15.6. The number of hydrogen-bond acceptors (Lipinski definition) is 8. The minimum absolute atomic E-state index is 0.0152. The Morgan fingerprint density at radius 1 is 1.08 bits per heavy atom. The number of phenolic OH excluding ortho intramolecular Hbond substituents is 1. The number of carbonyl (C=O) groups is 2. The number of pyridine rings is 1. The van der Waals surface area contributed by atoms with Gasteiger partial charge in [-0.05, 0) is 55.7 Å². The zero-order chi connectivity index (χ0) is 34.8. The van der Waals surface area contributed by atoms with Gasteiger partial charge < -0.3 is 34.9 Å². The van der Waals surface area contributed by atoms with Crippen molar-refractivity contribution in [2.24, 2.45) is 0 Å². The fraction of sp³-hybridized carbons (Fsp3) is 0.343. The van der Waals surface area contributed by atoms with E-state index in [0.717, 1.165) is 18.2 Å². The van der Waals surface area contributed by atoms with Gasteiger partial charge in [-0.25, -0.2) is 13.2 Å². The lowest BCUT2D eigenvalue weighted by atomic mass is 9.88. The molecule has 0 radical (unpaired) electrons. The molecule has 3 aliphatic rings. The second kappa shape index (κ2) is 12.2. The van der Waals surface area contributed by atoms with Crippen LogP contribution in [0.5, 0.6) is 5.75 Å². The van der Waals surface area contributed by atoms with E-state index in [1.54, 1.807) is 24.1 Å². The van der Waals surface area contributed by atoms with Gasteiger partial charge in [0.25, 0.3) is 0 Å². The molecule has 6 rings (SSSR count). The van der Waals surface area contributed by atoms with Crippen molar-refractivity contribution in [3.8, 4) is 16.9 Å². The number of anilines is 2. The summed E-state index contributed by atoms with van der Waals surface area (Å²) in [6.45, 7) is 10.7. The summed E-state index contributed by atoms with van der Waals surface area (Å²) >= 11 is 0. The molecule has 13 heteroatoms. The standard InChI is InChI=1S/C35H36F3N5O5/c1-6-25(45)41-15-20-14-40(16-26(46)47)34-33(42(20)13-19(41)5)21-12-23(37)28(27-22(36)8-7-9-24(27)44)29(38)32(21)43(35(34)48)31-18(4)10-11-39-30(31)17(2)3/h6-12,17,19-20,35,44,48H,1,13-16H2,2-5H3,(H,46,47). The monoisotopic (exact) mass is 663 g/mol. The summed E-state index contributed by atoms with van der Waals surface area (Å²) in [6, 6.07) is 5.09. The smallest absolute Gasteiger partial charge is 0.323 e. The van der Waals surface area contributed by atoms with Crippen LogP contribution in [0.1, 0.15) is 43.5 Å². The van der Waals surface area contributed by atoms with Gasteiger partial charge in [-0.3, -0.25) is 14.6 Å². The highest BCUT2D eigenvalue weighted by molar-refractivity contribution is 5.92. The molecule has 2 aromatic carbocycles. The van der Waals surface area contributed by atoms with Gasteiger partial charge in [0, 0.05) is 37.4 Å². The van der Waals surface area contributed by atoms with Crippen LogP contribution in [0.3, 0.4) is 0 Å². The quantitative estimate of drug-likeness (QED) is 0.316. The van der Waals surface area contributed by atoms with Crippen LogP contribution in [0.15, 0.2) is 54.9 Å².